The van der Waals surface area contributed by atoms with Gasteiger partial charge in [-0.2, -0.15) is 0 Å². The second-order valence-electron chi connectivity index (χ2n) is 7.24. The van der Waals surface area contributed by atoms with Crippen LogP contribution < -0.4 is 15.0 Å². The number of fused-ring (bicyclic) bond motifs is 1. The summed E-state index contributed by atoms with van der Waals surface area (Å²) in [5.74, 6) is 0.595. The Kier molecular flexibility index (Phi) is 5.58. The highest BCUT2D eigenvalue weighted by Gasteiger charge is 2.25. The molecule has 4 rings (SSSR count). The molecule has 0 atom stereocenters. The quantitative estimate of drug-likeness (QED) is 0.837. The van der Waals surface area contributed by atoms with E-state index in [0.29, 0.717) is 18.7 Å². The van der Waals surface area contributed by atoms with E-state index in [0.717, 1.165) is 36.6 Å². The summed E-state index contributed by atoms with van der Waals surface area (Å²) in [6.07, 6.45) is 2.51. The molecule has 0 unspecified atom stereocenters. The fourth-order valence-electron chi connectivity index (χ4n) is 3.71. The van der Waals surface area contributed by atoms with Gasteiger partial charge < -0.3 is 19.9 Å². The number of nitrogens with zero attached hydrogens (tertiary/aromatic N) is 2. The molecule has 0 spiro atoms. The van der Waals surface area contributed by atoms with Gasteiger partial charge in [0, 0.05) is 18.7 Å². The number of amides is 2. The highest BCUT2D eigenvalue weighted by atomic mass is 16.5. The lowest BCUT2D eigenvalue weighted by molar-refractivity contribution is -0.121. The first-order valence-corrected chi connectivity index (χ1v) is 9.82. The van der Waals surface area contributed by atoms with Crippen LogP contribution in [-0.4, -0.2) is 49.5 Å². The van der Waals surface area contributed by atoms with Gasteiger partial charge in [0.05, 0.1) is 12.2 Å². The van der Waals surface area contributed by atoms with Gasteiger partial charge in [0.25, 0.3) is 11.8 Å². The van der Waals surface area contributed by atoms with Crippen LogP contribution in [0.15, 0.2) is 48.5 Å². The van der Waals surface area contributed by atoms with Crippen molar-refractivity contribution in [3.63, 3.8) is 0 Å². The zero-order valence-electron chi connectivity index (χ0n) is 15.9. The summed E-state index contributed by atoms with van der Waals surface area (Å²) >= 11 is 0. The Hall–Kier alpha value is -2.86. The Balaban J connectivity index is 1.35. The molecule has 0 radical (unpaired) electrons. The summed E-state index contributed by atoms with van der Waals surface area (Å²) in [6.45, 7) is 4.34. The van der Waals surface area contributed by atoms with Crippen molar-refractivity contribution in [1.29, 1.82) is 0 Å². The first kappa shape index (κ1) is 18.5. The molecule has 1 N–H and O–H groups in total. The highest BCUT2D eigenvalue weighted by Crippen LogP contribution is 2.32. The van der Waals surface area contributed by atoms with E-state index in [4.69, 9.17) is 4.74 Å². The predicted molar refractivity (Wildman–Crippen MR) is 108 cm³/mol. The Morgan fingerprint density at radius 1 is 1.04 bits per heavy atom. The number of carbonyl (C=O) groups is 2. The molecule has 0 bridgehead atoms. The van der Waals surface area contributed by atoms with Crippen molar-refractivity contribution in [2.24, 2.45) is 0 Å². The first-order chi connectivity index (χ1) is 13.7. The fraction of sp³-hybridized carbons (Fsp3) is 0.364. The van der Waals surface area contributed by atoms with E-state index in [2.05, 4.69) is 10.2 Å². The van der Waals surface area contributed by atoms with Crippen LogP contribution in [0.25, 0.3) is 0 Å². The SMILES string of the molecule is O=C(NCCN1CCCC1)c1ccc(CN2C(=O)COc3ccccc32)cc1. The number of carbonyl (C=O) groups excluding carboxylic acids is 2. The summed E-state index contributed by atoms with van der Waals surface area (Å²) in [5, 5.41) is 2.99. The van der Waals surface area contributed by atoms with E-state index in [1.165, 1.54) is 12.8 Å². The molecule has 6 nitrogen and oxygen atoms in total. The molecule has 1 saturated heterocycles. The summed E-state index contributed by atoms with van der Waals surface area (Å²) in [5.41, 5.74) is 2.39. The van der Waals surface area contributed by atoms with E-state index in [-0.39, 0.29) is 18.4 Å². The first-order valence-electron chi connectivity index (χ1n) is 9.82. The lowest BCUT2D eigenvalue weighted by atomic mass is 10.1. The largest absolute Gasteiger partial charge is 0.482 e. The molecule has 0 saturated carbocycles. The fourth-order valence-corrected chi connectivity index (χ4v) is 3.71. The molecule has 2 aliphatic rings. The van der Waals surface area contributed by atoms with Crippen molar-refractivity contribution in [3.05, 3.63) is 59.7 Å². The molecule has 1 fully saturated rings. The lowest BCUT2D eigenvalue weighted by Crippen LogP contribution is -2.38. The van der Waals surface area contributed by atoms with Gasteiger partial charge in [-0.05, 0) is 55.8 Å². The van der Waals surface area contributed by atoms with Crippen LogP contribution in [-0.2, 0) is 11.3 Å². The maximum atomic E-state index is 12.3. The van der Waals surface area contributed by atoms with Crippen molar-refractivity contribution in [3.8, 4) is 5.75 Å². The number of hydrogen-bond donors (Lipinski definition) is 1. The Morgan fingerprint density at radius 2 is 1.79 bits per heavy atom. The second kappa shape index (κ2) is 8.44. The Bertz CT molecular complexity index is 844. The van der Waals surface area contributed by atoms with Crippen LogP contribution >= 0.6 is 0 Å². The van der Waals surface area contributed by atoms with Crippen molar-refractivity contribution in [2.75, 3.05) is 37.7 Å². The molecule has 2 aromatic carbocycles. The molecule has 2 amide bonds. The zero-order chi connectivity index (χ0) is 19.3. The van der Waals surface area contributed by atoms with Gasteiger partial charge in [-0.1, -0.05) is 24.3 Å². The average Bonchev–Trinajstić information content (AvgIpc) is 3.24. The van der Waals surface area contributed by atoms with E-state index < -0.39 is 0 Å². The molecular weight excluding hydrogens is 354 g/mol. The van der Waals surface area contributed by atoms with E-state index in [9.17, 15) is 9.59 Å². The van der Waals surface area contributed by atoms with Crippen LogP contribution in [0.1, 0.15) is 28.8 Å². The number of rotatable bonds is 6. The van der Waals surface area contributed by atoms with Crippen molar-refractivity contribution >= 4 is 17.5 Å². The molecular formula is C22H25N3O3. The normalized spacial score (nSPS) is 16.6. The van der Waals surface area contributed by atoms with Crippen molar-refractivity contribution < 1.29 is 14.3 Å². The predicted octanol–water partition coefficient (Wildman–Crippen LogP) is 2.44. The topological polar surface area (TPSA) is 61.9 Å². The van der Waals surface area contributed by atoms with Crippen LogP contribution in [0.3, 0.4) is 0 Å². The Labute approximate surface area is 165 Å². The molecule has 2 aliphatic heterocycles. The maximum absolute atomic E-state index is 12.3. The highest BCUT2D eigenvalue weighted by molar-refractivity contribution is 5.98. The zero-order valence-corrected chi connectivity index (χ0v) is 15.9. The third-order valence-corrected chi connectivity index (χ3v) is 5.28. The minimum absolute atomic E-state index is 0.0501. The smallest absolute Gasteiger partial charge is 0.265 e. The van der Waals surface area contributed by atoms with Crippen molar-refractivity contribution in [2.45, 2.75) is 19.4 Å². The average molecular weight is 379 g/mol. The number of nitrogens with one attached hydrogen (secondary N) is 1. The lowest BCUT2D eigenvalue weighted by Gasteiger charge is -2.29. The molecule has 6 heteroatoms. The number of ether oxygens (including phenoxy) is 1. The summed E-state index contributed by atoms with van der Waals surface area (Å²) in [6, 6.07) is 15.0. The third-order valence-electron chi connectivity index (χ3n) is 5.28. The minimum Gasteiger partial charge on any atom is -0.482 e. The van der Waals surface area contributed by atoms with Crippen LogP contribution in [0, 0.1) is 0 Å². The van der Waals surface area contributed by atoms with Crippen LogP contribution in [0.5, 0.6) is 5.75 Å². The summed E-state index contributed by atoms with van der Waals surface area (Å²) in [7, 11) is 0. The van der Waals surface area contributed by atoms with Gasteiger partial charge in [-0.15, -0.1) is 0 Å². The maximum Gasteiger partial charge on any atom is 0.265 e. The van der Waals surface area contributed by atoms with Gasteiger partial charge in [0.15, 0.2) is 6.61 Å². The molecule has 0 aliphatic carbocycles. The molecule has 2 aromatic rings. The monoisotopic (exact) mass is 379 g/mol. The standard InChI is InChI=1S/C22H25N3O3/c26-21-16-28-20-6-2-1-5-19(20)25(21)15-17-7-9-18(10-8-17)22(27)23-11-14-24-12-3-4-13-24/h1-2,5-10H,3-4,11-16H2,(H,23,27). The van der Waals surface area contributed by atoms with Gasteiger partial charge in [-0.25, -0.2) is 0 Å². The van der Waals surface area contributed by atoms with E-state index >= 15 is 0 Å². The number of likely N-dealkylation sites (tertiary alicyclic amines) is 1. The number of hydrogen-bond acceptors (Lipinski definition) is 4. The molecule has 28 heavy (non-hydrogen) atoms. The van der Waals surface area contributed by atoms with Gasteiger partial charge in [0.2, 0.25) is 0 Å². The van der Waals surface area contributed by atoms with Crippen LogP contribution in [0.2, 0.25) is 0 Å². The van der Waals surface area contributed by atoms with Gasteiger partial charge >= 0.3 is 0 Å². The minimum atomic E-state index is -0.0672. The number of para-hydroxylation sites is 2. The van der Waals surface area contributed by atoms with E-state index in [1.807, 2.05) is 48.5 Å². The van der Waals surface area contributed by atoms with E-state index in [1.54, 1.807) is 4.90 Å². The summed E-state index contributed by atoms with van der Waals surface area (Å²) < 4.78 is 5.48. The second-order valence-corrected chi connectivity index (χ2v) is 7.24. The van der Waals surface area contributed by atoms with Crippen molar-refractivity contribution in [1.82, 2.24) is 10.2 Å². The van der Waals surface area contributed by atoms with Crippen LogP contribution in [0.4, 0.5) is 5.69 Å². The summed E-state index contributed by atoms with van der Waals surface area (Å²) in [4.78, 5) is 28.7. The van der Waals surface area contributed by atoms with Gasteiger partial charge in [0.1, 0.15) is 5.75 Å². The number of benzene rings is 2. The molecule has 0 aromatic heterocycles. The Morgan fingerprint density at radius 3 is 2.57 bits per heavy atom. The number of anilines is 1. The third kappa shape index (κ3) is 4.17. The van der Waals surface area contributed by atoms with Gasteiger partial charge in [-0.3, -0.25) is 9.59 Å². The molecule has 146 valence electrons. The molecule has 2 heterocycles.